The summed E-state index contributed by atoms with van der Waals surface area (Å²) in [6.07, 6.45) is 21.1. The molecule has 1 aromatic carbocycles. The molecule has 0 amide bonds. The summed E-state index contributed by atoms with van der Waals surface area (Å²) in [5.41, 5.74) is 0.221. The van der Waals surface area contributed by atoms with E-state index in [2.05, 4.69) is 11.1 Å². The maximum Gasteiger partial charge on any atom is 3.00 e. The van der Waals surface area contributed by atoms with Gasteiger partial charge in [0.15, 0.2) is 0 Å². The van der Waals surface area contributed by atoms with Crippen molar-refractivity contribution in [3.05, 3.63) is 47.0 Å². The molecule has 4 rings (SSSR count). The van der Waals surface area contributed by atoms with E-state index < -0.39 is 23.4 Å². The molecule has 2 aliphatic carbocycles. The van der Waals surface area contributed by atoms with Crippen molar-refractivity contribution in [3.8, 4) is 0 Å². The van der Waals surface area contributed by atoms with Crippen molar-refractivity contribution in [2.45, 2.75) is 111 Å². The maximum atomic E-state index is 14.8. The molecule has 0 atom stereocenters. The van der Waals surface area contributed by atoms with Gasteiger partial charge >= 0.3 is 38.1 Å². The van der Waals surface area contributed by atoms with E-state index in [4.69, 9.17) is 4.74 Å². The van der Waals surface area contributed by atoms with Crippen LogP contribution >= 0.6 is 0 Å². The van der Waals surface area contributed by atoms with Crippen LogP contribution < -0.4 is 0 Å². The van der Waals surface area contributed by atoms with Crippen LogP contribution in [0.15, 0.2) is 18.2 Å². The fourth-order valence-electron chi connectivity index (χ4n) is 4.69. The van der Waals surface area contributed by atoms with Crippen LogP contribution in [0.5, 0.6) is 0 Å². The van der Waals surface area contributed by atoms with E-state index >= 15 is 0 Å². The molecule has 1 aromatic heterocycles. The Morgan fingerprint density at radius 3 is 1.92 bits per heavy atom. The predicted octanol–water partition coefficient (Wildman–Crippen LogP) is 8.93. The molecule has 2 saturated carbocycles. The number of aromatic carboxylic acids is 1. The number of fused-ring (bicyclic) bond motifs is 1. The second-order valence-electron chi connectivity index (χ2n) is 9.56. The van der Waals surface area contributed by atoms with Gasteiger partial charge in [0.1, 0.15) is 11.5 Å². The number of nitrogens with zero attached hydrogens (tertiary/aromatic N) is 1. The van der Waals surface area contributed by atoms with Gasteiger partial charge < -0.3 is 14.8 Å². The molecule has 1 radical (unpaired) electrons. The molecule has 0 unspecified atom stereocenters. The minimum absolute atomic E-state index is 0. The van der Waals surface area contributed by atoms with E-state index in [0.29, 0.717) is 18.4 Å². The summed E-state index contributed by atoms with van der Waals surface area (Å²) in [5, 5.41) is 9.94. The van der Waals surface area contributed by atoms with Gasteiger partial charge in [0.2, 0.25) is 0 Å². The van der Waals surface area contributed by atoms with E-state index in [0.717, 1.165) is 12.8 Å². The van der Waals surface area contributed by atoms with Gasteiger partial charge in [-0.15, -0.1) is 6.42 Å². The van der Waals surface area contributed by atoms with Crippen LogP contribution in [-0.2, 0) is 30.9 Å². The molecule has 1 N–H and O–H groups in total. The molecule has 0 aliphatic heterocycles. The number of hydrogen-bond acceptors (Lipinski definition) is 4. The third-order valence-electron chi connectivity index (χ3n) is 6.54. The topological polar surface area (TPSA) is 76.5 Å². The molecular formula is C31H43FNO4Zr+2. The van der Waals surface area contributed by atoms with Crippen LogP contribution in [-0.4, -0.2) is 28.6 Å². The normalized spacial score (nSPS) is 14.6. The van der Waals surface area contributed by atoms with Gasteiger partial charge in [-0.3, -0.25) is 6.08 Å². The van der Waals surface area contributed by atoms with E-state index in [1.165, 1.54) is 82.4 Å². The first-order chi connectivity index (χ1) is 18.0. The maximum absolute atomic E-state index is 14.8. The molecule has 0 saturated heterocycles. The smallest absolute Gasteiger partial charge is 0.477 e. The summed E-state index contributed by atoms with van der Waals surface area (Å²) in [6, 6.07) is 4.23. The number of allylic oxidation sites excluding steroid dienone is 2. The number of hydrogen-bond donors (Lipinski definition) is 1. The van der Waals surface area contributed by atoms with Gasteiger partial charge in [-0.05, 0) is 23.8 Å². The number of unbranched alkanes of at least 4 members (excludes halogenated alkanes) is 1. The molecular weight excluding hydrogens is 561 g/mol. The average Bonchev–Trinajstić information content (AvgIpc) is 3.65. The van der Waals surface area contributed by atoms with Crippen molar-refractivity contribution in [1.82, 2.24) is 4.98 Å². The van der Waals surface area contributed by atoms with E-state index in [9.17, 15) is 19.1 Å². The summed E-state index contributed by atoms with van der Waals surface area (Å²) >= 11 is 0. The number of pyridine rings is 1. The molecule has 2 aromatic rings. The van der Waals surface area contributed by atoms with Gasteiger partial charge in [0.05, 0.1) is 12.2 Å². The Kier molecular flexibility index (Phi) is 17.3. The zero-order valence-electron chi connectivity index (χ0n) is 23.3. The van der Waals surface area contributed by atoms with Gasteiger partial charge in [-0.25, -0.2) is 14.0 Å². The van der Waals surface area contributed by atoms with Crippen LogP contribution in [0.3, 0.4) is 0 Å². The minimum atomic E-state index is -1.36. The Balaban J connectivity index is 0.000000541. The molecule has 2 aliphatic rings. The number of carboxylic acids is 1. The van der Waals surface area contributed by atoms with E-state index in [1.807, 2.05) is 13.8 Å². The van der Waals surface area contributed by atoms with Gasteiger partial charge in [0.25, 0.3) is 0 Å². The first-order valence-corrected chi connectivity index (χ1v) is 14.1. The molecule has 205 valence electrons. The number of aromatic nitrogens is 1. The Bertz CT molecular complexity index is 1020. The summed E-state index contributed by atoms with van der Waals surface area (Å²) in [6.45, 7) is 5.65. The average molecular weight is 604 g/mol. The predicted molar refractivity (Wildman–Crippen MR) is 147 cm³/mol. The summed E-state index contributed by atoms with van der Waals surface area (Å²) in [4.78, 5) is 28.4. The fourth-order valence-corrected chi connectivity index (χ4v) is 4.69. The third kappa shape index (κ3) is 10.4. The van der Waals surface area contributed by atoms with Gasteiger partial charge in [-0.1, -0.05) is 115 Å². The Morgan fingerprint density at radius 1 is 0.921 bits per heavy atom. The molecule has 0 spiro atoms. The summed E-state index contributed by atoms with van der Waals surface area (Å²) < 4.78 is 19.7. The number of benzene rings is 1. The van der Waals surface area contributed by atoms with Crippen LogP contribution in [0.1, 0.15) is 137 Å². The third-order valence-corrected chi connectivity index (χ3v) is 6.54. The van der Waals surface area contributed by atoms with Gasteiger partial charge in [0, 0.05) is 0 Å². The fraction of sp³-hybridized carbons (Fsp3) is 0.581. The van der Waals surface area contributed by atoms with E-state index in [1.54, 1.807) is 6.92 Å². The van der Waals surface area contributed by atoms with Crippen molar-refractivity contribution in [1.29, 1.82) is 0 Å². The first kappa shape index (κ1) is 34.2. The Hall–Kier alpha value is -1.88. The first-order valence-electron chi connectivity index (χ1n) is 14.1. The Morgan fingerprint density at radius 2 is 1.47 bits per heavy atom. The number of halogens is 1. The van der Waals surface area contributed by atoms with Crippen molar-refractivity contribution in [3.63, 3.8) is 0 Å². The van der Waals surface area contributed by atoms with Crippen molar-refractivity contribution >= 4 is 28.3 Å². The van der Waals surface area contributed by atoms with E-state index in [-0.39, 0.29) is 54.8 Å². The second-order valence-corrected chi connectivity index (χ2v) is 9.56. The number of rotatable bonds is 8. The zero-order valence-corrected chi connectivity index (χ0v) is 25.8. The van der Waals surface area contributed by atoms with Crippen LogP contribution in [0.2, 0.25) is 0 Å². The van der Waals surface area contributed by atoms with Crippen molar-refractivity contribution in [2.75, 3.05) is 6.61 Å². The summed E-state index contributed by atoms with van der Waals surface area (Å²) in [5.74, 6) is -2.76. The summed E-state index contributed by atoms with van der Waals surface area (Å²) in [7, 11) is 0. The van der Waals surface area contributed by atoms with Crippen LogP contribution in [0.25, 0.3) is 16.3 Å². The zero-order chi connectivity index (χ0) is 27.0. The molecule has 7 heteroatoms. The van der Waals surface area contributed by atoms with Crippen molar-refractivity contribution < 1.29 is 50.0 Å². The Labute approximate surface area is 246 Å². The van der Waals surface area contributed by atoms with Crippen molar-refractivity contribution in [2.24, 2.45) is 0 Å². The van der Waals surface area contributed by atoms with Crippen LogP contribution in [0.4, 0.5) is 4.39 Å². The number of carboxylic acid groups (broad SMARTS) is 1. The standard InChI is InChI=1S/C21H23FNO4.2C5H10.Zr/c1-4-7-10-13(9-5-2)18-16-14(11-8-12-15(16)22)17(21(26)27-6-3)19(23-18)20(24)25;2*1-2-4-5-3-1;/h8,11-12H,4-7,9H2,1-3H3,(H,24,25);2*1-5H2;/q-1;;;+3. The number of esters is 1. The minimum Gasteiger partial charge on any atom is -0.477 e. The quantitative estimate of drug-likeness (QED) is 0.241. The number of ether oxygens (including phenoxy) is 1. The van der Waals surface area contributed by atoms with Gasteiger partial charge in [-0.2, -0.15) is 5.57 Å². The monoisotopic (exact) mass is 602 g/mol. The number of carbonyl (C=O) groups is 2. The molecule has 2 fully saturated rings. The molecule has 5 nitrogen and oxygen atoms in total. The molecule has 1 heterocycles. The SMILES string of the molecule is C1CCCC1.C1CCCC1.CCC[C-]=C(CCC)c1nc(C(=O)O)c(C(=O)OCC)c2cccc(F)c12.[Zr+3]. The second kappa shape index (κ2) is 19.2. The number of carbonyl (C=O) groups excluding carboxylic acids is 1. The largest absolute Gasteiger partial charge is 3.00 e. The van der Waals surface area contributed by atoms with Crippen LogP contribution in [0, 0.1) is 11.9 Å². The molecule has 38 heavy (non-hydrogen) atoms. The molecule has 0 bridgehead atoms.